The van der Waals surface area contributed by atoms with Crippen LogP contribution in [0.3, 0.4) is 0 Å². The van der Waals surface area contributed by atoms with Gasteiger partial charge in [0.25, 0.3) is 0 Å². The quantitative estimate of drug-likeness (QED) is 0.619. The van der Waals surface area contributed by atoms with Crippen molar-refractivity contribution in [2.45, 2.75) is 45.7 Å². The SMILES string of the molecule is CCCCCCn1nnnc1CNCCOC. The summed E-state index contributed by atoms with van der Waals surface area (Å²) in [5.74, 6) is 0.901. The van der Waals surface area contributed by atoms with Gasteiger partial charge in [-0.2, -0.15) is 0 Å². The van der Waals surface area contributed by atoms with Crippen LogP contribution in [-0.4, -0.2) is 40.5 Å². The fourth-order valence-corrected chi connectivity index (χ4v) is 1.59. The molecule has 0 saturated heterocycles. The predicted molar refractivity (Wildman–Crippen MR) is 65.5 cm³/mol. The van der Waals surface area contributed by atoms with E-state index in [2.05, 4.69) is 27.8 Å². The maximum Gasteiger partial charge on any atom is 0.165 e. The molecule has 1 heterocycles. The highest BCUT2D eigenvalue weighted by Crippen LogP contribution is 2.02. The van der Waals surface area contributed by atoms with Gasteiger partial charge in [-0.1, -0.05) is 26.2 Å². The fourth-order valence-electron chi connectivity index (χ4n) is 1.59. The molecule has 0 fully saturated rings. The van der Waals surface area contributed by atoms with E-state index in [1.54, 1.807) is 7.11 Å². The molecule has 1 rings (SSSR count). The van der Waals surface area contributed by atoms with Crippen LogP contribution in [0.5, 0.6) is 0 Å². The third-order valence-electron chi connectivity index (χ3n) is 2.60. The molecule has 6 heteroatoms. The average molecular weight is 241 g/mol. The molecule has 1 N–H and O–H groups in total. The molecular weight excluding hydrogens is 218 g/mol. The minimum atomic E-state index is 0.699. The lowest BCUT2D eigenvalue weighted by Gasteiger charge is -2.05. The van der Waals surface area contributed by atoms with E-state index in [4.69, 9.17) is 4.74 Å². The summed E-state index contributed by atoms with van der Waals surface area (Å²) < 4.78 is 6.85. The normalized spacial score (nSPS) is 10.9. The molecule has 0 aliphatic rings. The van der Waals surface area contributed by atoms with Crippen LogP contribution in [-0.2, 0) is 17.8 Å². The third kappa shape index (κ3) is 5.74. The number of rotatable bonds is 10. The minimum Gasteiger partial charge on any atom is -0.383 e. The average Bonchev–Trinajstić information content (AvgIpc) is 2.78. The molecule has 6 nitrogen and oxygen atoms in total. The number of aryl methyl sites for hydroxylation is 1. The summed E-state index contributed by atoms with van der Waals surface area (Å²) in [5.41, 5.74) is 0. The predicted octanol–water partition coefficient (Wildman–Crippen LogP) is 0.989. The van der Waals surface area contributed by atoms with Crippen LogP contribution in [0.25, 0.3) is 0 Å². The molecule has 0 bridgehead atoms. The largest absolute Gasteiger partial charge is 0.383 e. The number of nitrogens with zero attached hydrogens (tertiary/aromatic N) is 4. The lowest BCUT2D eigenvalue weighted by atomic mass is 10.2. The van der Waals surface area contributed by atoms with Gasteiger partial charge in [0.1, 0.15) is 0 Å². The summed E-state index contributed by atoms with van der Waals surface area (Å²) in [7, 11) is 1.69. The molecule has 0 aliphatic heterocycles. The van der Waals surface area contributed by atoms with Gasteiger partial charge in [-0.25, -0.2) is 4.68 Å². The second kappa shape index (κ2) is 9.07. The summed E-state index contributed by atoms with van der Waals surface area (Å²) in [6.07, 6.45) is 4.92. The Morgan fingerprint density at radius 3 is 2.94 bits per heavy atom. The zero-order valence-corrected chi connectivity index (χ0v) is 10.9. The monoisotopic (exact) mass is 241 g/mol. The maximum absolute atomic E-state index is 4.96. The van der Waals surface area contributed by atoms with Crippen molar-refractivity contribution >= 4 is 0 Å². The first-order valence-electron chi connectivity index (χ1n) is 6.33. The van der Waals surface area contributed by atoms with Gasteiger partial charge in [0, 0.05) is 20.2 Å². The molecule has 0 unspecified atom stereocenters. The Kier molecular flexibility index (Phi) is 7.49. The summed E-state index contributed by atoms with van der Waals surface area (Å²) in [5, 5.41) is 15.0. The molecule has 0 atom stereocenters. The van der Waals surface area contributed by atoms with Gasteiger partial charge in [0.05, 0.1) is 13.2 Å². The zero-order chi connectivity index (χ0) is 12.3. The molecule has 0 saturated carbocycles. The molecule has 1 aromatic rings. The summed E-state index contributed by atoms with van der Waals surface area (Å²) in [4.78, 5) is 0. The van der Waals surface area contributed by atoms with Crippen molar-refractivity contribution in [1.29, 1.82) is 0 Å². The second-order valence-corrected chi connectivity index (χ2v) is 4.05. The number of methoxy groups -OCH3 is 1. The number of aromatic nitrogens is 4. The Morgan fingerprint density at radius 1 is 1.29 bits per heavy atom. The standard InChI is InChI=1S/C11H23N5O/c1-3-4-5-6-8-16-11(13-14-15-16)10-12-7-9-17-2/h12H,3-10H2,1-2H3. The highest BCUT2D eigenvalue weighted by atomic mass is 16.5. The van der Waals surface area contributed by atoms with Gasteiger partial charge >= 0.3 is 0 Å². The van der Waals surface area contributed by atoms with Crippen LogP contribution in [0.4, 0.5) is 0 Å². The Hall–Kier alpha value is -1.01. The van der Waals surface area contributed by atoms with E-state index < -0.39 is 0 Å². The van der Waals surface area contributed by atoms with Crippen molar-refractivity contribution in [2.24, 2.45) is 0 Å². The number of unbranched alkanes of at least 4 members (excludes halogenated alkanes) is 3. The number of nitrogens with one attached hydrogen (secondary N) is 1. The Labute approximate surface area is 103 Å². The summed E-state index contributed by atoms with van der Waals surface area (Å²) in [6.45, 7) is 5.35. The van der Waals surface area contributed by atoms with Gasteiger partial charge in [-0.3, -0.25) is 0 Å². The molecule has 0 spiro atoms. The Morgan fingerprint density at radius 2 is 2.18 bits per heavy atom. The molecule has 98 valence electrons. The highest BCUT2D eigenvalue weighted by Gasteiger charge is 2.04. The maximum atomic E-state index is 4.96. The molecular formula is C11H23N5O. The van der Waals surface area contributed by atoms with Crippen molar-refractivity contribution in [3.63, 3.8) is 0 Å². The van der Waals surface area contributed by atoms with Crippen LogP contribution in [0.15, 0.2) is 0 Å². The third-order valence-corrected chi connectivity index (χ3v) is 2.60. The number of tetrazole rings is 1. The second-order valence-electron chi connectivity index (χ2n) is 4.05. The van der Waals surface area contributed by atoms with Crippen LogP contribution >= 0.6 is 0 Å². The van der Waals surface area contributed by atoms with Gasteiger partial charge in [-0.05, 0) is 16.8 Å². The molecule has 0 aromatic carbocycles. The van der Waals surface area contributed by atoms with Gasteiger partial charge in [0.15, 0.2) is 5.82 Å². The van der Waals surface area contributed by atoms with Crippen LogP contribution in [0, 0.1) is 0 Å². The molecule has 0 aliphatic carbocycles. The van der Waals surface area contributed by atoms with E-state index >= 15 is 0 Å². The lowest BCUT2D eigenvalue weighted by Crippen LogP contribution is -2.21. The molecule has 1 aromatic heterocycles. The first-order valence-corrected chi connectivity index (χ1v) is 6.33. The molecule has 0 radical (unpaired) electrons. The first-order chi connectivity index (χ1) is 8.38. The Bertz CT molecular complexity index is 263. The van der Waals surface area contributed by atoms with E-state index in [0.717, 1.165) is 25.3 Å². The van der Waals surface area contributed by atoms with Crippen molar-refractivity contribution in [2.75, 3.05) is 20.3 Å². The Balaban J connectivity index is 2.22. The summed E-state index contributed by atoms with van der Waals surface area (Å²) >= 11 is 0. The number of hydrogen-bond donors (Lipinski definition) is 1. The van der Waals surface area contributed by atoms with E-state index in [1.807, 2.05) is 4.68 Å². The highest BCUT2D eigenvalue weighted by molar-refractivity contribution is 4.79. The van der Waals surface area contributed by atoms with Gasteiger partial charge in [0.2, 0.25) is 0 Å². The molecule has 17 heavy (non-hydrogen) atoms. The number of ether oxygens (including phenoxy) is 1. The van der Waals surface area contributed by atoms with Crippen LogP contribution in [0.2, 0.25) is 0 Å². The topological polar surface area (TPSA) is 64.9 Å². The van der Waals surface area contributed by atoms with Crippen LogP contribution < -0.4 is 5.32 Å². The van der Waals surface area contributed by atoms with Gasteiger partial charge < -0.3 is 10.1 Å². The van der Waals surface area contributed by atoms with Gasteiger partial charge in [-0.15, -0.1) is 5.10 Å². The first kappa shape index (κ1) is 14.1. The van der Waals surface area contributed by atoms with E-state index in [1.165, 1.54) is 19.3 Å². The fraction of sp³-hybridized carbons (Fsp3) is 0.909. The zero-order valence-electron chi connectivity index (χ0n) is 10.9. The van der Waals surface area contributed by atoms with E-state index in [-0.39, 0.29) is 0 Å². The van der Waals surface area contributed by atoms with Crippen molar-refractivity contribution < 1.29 is 4.74 Å². The summed E-state index contributed by atoms with van der Waals surface area (Å²) in [6, 6.07) is 0. The van der Waals surface area contributed by atoms with E-state index in [0.29, 0.717) is 13.2 Å². The van der Waals surface area contributed by atoms with Crippen LogP contribution in [0.1, 0.15) is 38.4 Å². The lowest BCUT2D eigenvalue weighted by molar-refractivity contribution is 0.198. The van der Waals surface area contributed by atoms with Crippen molar-refractivity contribution in [3.05, 3.63) is 5.82 Å². The van der Waals surface area contributed by atoms with Crippen molar-refractivity contribution in [1.82, 2.24) is 25.5 Å². The van der Waals surface area contributed by atoms with E-state index in [9.17, 15) is 0 Å². The number of hydrogen-bond acceptors (Lipinski definition) is 5. The van der Waals surface area contributed by atoms with Crippen molar-refractivity contribution in [3.8, 4) is 0 Å². The smallest absolute Gasteiger partial charge is 0.165 e. The minimum absolute atomic E-state index is 0.699. The molecule has 0 amide bonds.